The molecule has 2 heterocycles. The molecule has 2 rings (SSSR count). The van der Waals surface area contributed by atoms with Crippen LogP contribution in [-0.2, 0) is 33.2 Å². The number of ether oxygens (including phenoxy) is 6. The normalized spacial score (nSPS) is 26.8. The van der Waals surface area contributed by atoms with Gasteiger partial charge in [-0.1, -0.05) is 144 Å². The number of hydrogen-bond donors (Lipinski definition) is 7. The summed E-state index contributed by atoms with van der Waals surface area (Å²) in [6, 6.07) is 0. The highest BCUT2D eigenvalue weighted by atomic mass is 16.7. The number of rotatable bonds is 38. The molecular weight excluding hydrogens is 861 g/mol. The summed E-state index contributed by atoms with van der Waals surface area (Å²) in [5, 5.41) is 72.1. The molecule has 7 N–H and O–H groups in total. The van der Waals surface area contributed by atoms with E-state index < -0.39 is 86.7 Å². The minimum atomic E-state index is -1.72. The molecule has 67 heavy (non-hydrogen) atoms. The van der Waals surface area contributed by atoms with Gasteiger partial charge in [0.15, 0.2) is 12.6 Å². The number of esters is 1. The lowest BCUT2D eigenvalue weighted by molar-refractivity contribution is -0.332. The molecule has 0 aliphatic carbocycles. The summed E-state index contributed by atoms with van der Waals surface area (Å²) in [4.78, 5) is 12.9. The largest absolute Gasteiger partial charge is 0.457 e. The fourth-order valence-electron chi connectivity index (χ4n) is 7.30. The van der Waals surface area contributed by atoms with Gasteiger partial charge in [0.25, 0.3) is 0 Å². The van der Waals surface area contributed by atoms with E-state index in [-0.39, 0.29) is 19.6 Å². The molecule has 2 saturated heterocycles. The molecule has 11 atom stereocenters. The number of aliphatic hydroxyl groups is 7. The predicted molar refractivity (Wildman–Crippen MR) is 261 cm³/mol. The van der Waals surface area contributed by atoms with Crippen molar-refractivity contribution in [3.63, 3.8) is 0 Å². The summed E-state index contributed by atoms with van der Waals surface area (Å²) >= 11 is 0. The number of carbonyl (C=O) groups is 1. The maximum atomic E-state index is 12.9. The van der Waals surface area contributed by atoms with Crippen molar-refractivity contribution < 1.29 is 69.0 Å². The van der Waals surface area contributed by atoms with Crippen LogP contribution >= 0.6 is 0 Å². The van der Waals surface area contributed by atoms with Gasteiger partial charge in [-0.05, 0) is 77.0 Å². The molecule has 0 aromatic rings. The van der Waals surface area contributed by atoms with Crippen LogP contribution in [0.1, 0.15) is 142 Å². The van der Waals surface area contributed by atoms with E-state index in [0.29, 0.717) is 13.0 Å². The van der Waals surface area contributed by atoms with E-state index in [4.69, 9.17) is 28.4 Å². The Balaban J connectivity index is 1.79. The lowest BCUT2D eigenvalue weighted by atomic mass is 9.98. The smallest absolute Gasteiger partial charge is 0.306 e. The van der Waals surface area contributed by atoms with Crippen LogP contribution in [0.15, 0.2) is 85.1 Å². The molecule has 0 bridgehead atoms. The average molecular weight is 949 g/mol. The molecule has 2 fully saturated rings. The molecule has 11 unspecified atom stereocenters. The van der Waals surface area contributed by atoms with Crippen LogP contribution in [0.3, 0.4) is 0 Å². The third kappa shape index (κ3) is 27.8. The summed E-state index contributed by atoms with van der Waals surface area (Å²) in [7, 11) is 0. The van der Waals surface area contributed by atoms with Gasteiger partial charge in [0.05, 0.1) is 26.4 Å². The van der Waals surface area contributed by atoms with Crippen molar-refractivity contribution >= 4 is 5.97 Å². The van der Waals surface area contributed by atoms with Gasteiger partial charge in [0.1, 0.15) is 54.9 Å². The first-order chi connectivity index (χ1) is 32.6. The first kappa shape index (κ1) is 60.3. The maximum absolute atomic E-state index is 12.9. The molecular formula is C53H88O14. The Bertz CT molecular complexity index is 1430. The van der Waals surface area contributed by atoms with Crippen LogP contribution in [0, 0.1) is 0 Å². The first-order valence-electron chi connectivity index (χ1n) is 25.2. The van der Waals surface area contributed by atoms with E-state index >= 15 is 0 Å². The van der Waals surface area contributed by atoms with E-state index in [1.165, 1.54) is 44.9 Å². The first-order valence-corrected chi connectivity index (χ1v) is 25.2. The van der Waals surface area contributed by atoms with Gasteiger partial charge in [-0.2, -0.15) is 0 Å². The van der Waals surface area contributed by atoms with E-state index in [1.54, 1.807) is 0 Å². The number of unbranched alkanes of at least 4 members (excludes halogenated alkanes) is 10. The lowest BCUT2D eigenvalue weighted by Gasteiger charge is -2.42. The third-order valence-corrected chi connectivity index (χ3v) is 11.4. The topological polar surface area (TPSA) is 214 Å². The third-order valence-electron chi connectivity index (χ3n) is 11.4. The Labute approximate surface area is 401 Å². The van der Waals surface area contributed by atoms with Gasteiger partial charge < -0.3 is 64.2 Å². The van der Waals surface area contributed by atoms with Crippen molar-refractivity contribution in [2.75, 3.05) is 33.0 Å². The van der Waals surface area contributed by atoms with Gasteiger partial charge in [0, 0.05) is 13.0 Å². The van der Waals surface area contributed by atoms with Crippen LogP contribution in [0.4, 0.5) is 0 Å². The van der Waals surface area contributed by atoms with E-state index in [9.17, 15) is 40.5 Å². The van der Waals surface area contributed by atoms with Gasteiger partial charge >= 0.3 is 5.97 Å². The zero-order valence-corrected chi connectivity index (χ0v) is 40.6. The summed E-state index contributed by atoms with van der Waals surface area (Å²) in [6.07, 6.45) is 33.8. The van der Waals surface area contributed by atoms with Crippen LogP contribution in [0.25, 0.3) is 0 Å². The van der Waals surface area contributed by atoms with Gasteiger partial charge in [-0.3, -0.25) is 4.79 Å². The Kier molecular flexibility index (Phi) is 36.0. The van der Waals surface area contributed by atoms with Crippen LogP contribution < -0.4 is 0 Å². The Morgan fingerprint density at radius 1 is 0.507 bits per heavy atom. The van der Waals surface area contributed by atoms with E-state index in [1.807, 2.05) is 12.2 Å². The summed E-state index contributed by atoms with van der Waals surface area (Å²) in [5.41, 5.74) is 0. The fraction of sp³-hybridized carbons (Fsp3) is 0.717. The van der Waals surface area contributed by atoms with Gasteiger partial charge in [0.2, 0.25) is 0 Å². The van der Waals surface area contributed by atoms with Crippen molar-refractivity contribution in [1.29, 1.82) is 0 Å². The molecule has 0 radical (unpaired) electrons. The van der Waals surface area contributed by atoms with Crippen molar-refractivity contribution in [3.05, 3.63) is 85.1 Å². The minimum Gasteiger partial charge on any atom is -0.457 e. The number of carbonyl (C=O) groups excluding carboxylic acids is 1. The van der Waals surface area contributed by atoms with Crippen LogP contribution in [-0.4, -0.2) is 142 Å². The Hall–Kier alpha value is -2.83. The highest BCUT2D eigenvalue weighted by Crippen LogP contribution is 2.26. The summed E-state index contributed by atoms with van der Waals surface area (Å²) in [6.45, 7) is 3.39. The molecule has 14 heteroatoms. The Morgan fingerprint density at radius 2 is 0.970 bits per heavy atom. The van der Waals surface area contributed by atoms with Crippen molar-refractivity contribution in [2.45, 2.75) is 210 Å². The molecule has 14 nitrogen and oxygen atoms in total. The molecule has 384 valence electrons. The molecule has 0 aromatic carbocycles. The SMILES string of the molecule is CC/C=C\C/C=C\C/C=C\C/C=C\CCC(=O)OC(COCCCCCCCCC/C=C\C/C=C\C/C=C\CCCCC)COC1OC(COC2OC(CO)C(O)C(O)C2O)C(O)C(O)C1O. The van der Waals surface area contributed by atoms with E-state index in [0.717, 1.165) is 70.6 Å². The van der Waals surface area contributed by atoms with Crippen molar-refractivity contribution in [2.24, 2.45) is 0 Å². The van der Waals surface area contributed by atoms with Crippen molar-refractivity contribution in [3.8, 4) is 0 Å². The zero-order valence-electron chi connectivity index (χ0n) is 40.6. The molecule has 0 spiro atoms. The monoisotopic (exact) mass is 949 g/mol. The second-order valence-corrected chi connectivity index (χ2v) is 17.3. The number of aliphatic hydroxyl groups excluding tert-OH is 7. The standard InChI is InChI=1S/C53H88O14/c1-3-5-7-9-11-13-15-17-18-19-20-21-22-23-25-27-29-31-33-35-37-62-39-42(65-45(55)36-34-32-30-28-26-24-16-14-12-10-8-6-4-2)40-63-52-51(61)49(59)47(57)44(67-52)41-64-53-50(60)48(58)46(56)43(38-54)66-53/h6,8,11-14,17-18,20-21,24,26,30,32,42-44,46-54,56-61H,3-5,7,9-10,15-16,19,22-23,25,27-29,31,33-41H2,1-2H3/b8-6-,13-11-,14-12-,18-17-,21-20-,26-24-,32-30-. The lowest BCUT2D eigenvalue weighted by Crippen LogP contribution is -2.61. The van der Waals surface area contributed by atoms with Crippen molar-refractivity contribution in [1.82, 2.24) is 0 Å². The average Bonchev–Trinajstić information content (AvgIpc) is 3.32. The predicted octanol–water partition coefficient (Wildman–Crippen LogP) is 7.29. The zero-order chi connectivity index (χ0) is 48.7. The number of hydrogen-bond acceptors (Lipinski definition) is 14. The fourth-order valence-corrected chi connectivity index (χ4v) is 7.30. The number of allylic oxidation sites excluding steroid dienone is 14. The van der Waals surface area contributed by atoms with Gasteiger partial charge in [-0.25, -0.2) is 0 Å². The second kappa shape index (κ2) is 40.0. The summed E-state index contributed by atoms with van der Waals surface area (Å²) in [5.74, 6) is -0.463. The van der Waals surface area contributed by atoms with Crippen LogP contribution in [0.2, 0.25) is 0 Å². The Morgan fingerprint density at radius 3 is 1.52 bits per heavy atom. The molecule has 2 aliphatic rings. The highest BCUT2D eigenvalue weighted by Gasteiger charge is 2.47. The molecule has 0 aromatic heterocycles. The molecule has 0 saturated carbocycles. The highest BCUT2D eigenvalue weighted by molar-refractivity contribution is 5.69. The maximum Gasteiger partial charge on any atom is 0.306 e. The molecule has 0 amide bonds. The second-order valence-electron chi connectivity index (χ2n) is 17.3. The summed E-state index contributed by atoms with van der Waals surface area (Å²) < 4.78 is 34.1. The van der Waals surface area contributed by atoms with Gasteiger partial charge in [-0.15, -0.1) is 0 Å². The minimum absolute atomic E-state index is 0.0207. The quantitative estimate of drug-likeness (QED) is 0.0184. The molecule has 2 aliphatic heterocycles. The van der Waals surface area contributed by atoms with Crippen LogP contribution in [0.5, 0.6) is 0 Å². The van der Waals surface area contributed by atoms with E-state index in [2.05, 4.69) is 86.8 Å².